The second-order valence-corrected chi connectivity index (χ2v) is 4.89. The SMILES string of the molecule is CCOC(=O)C(C#N)=Cc1ccc(-c2ccc(C(=O)OCC)cc2)o1. The van der Waals surface area contributed by atoms with Gasteiger partial charge in [-0.25, -0.2) is 9.59 Å². The number of carbonyl (C=O) groups excluding carboxylic acids is 2. The van der Waals surface area contributed by atoms with Crippen LogP contribution in [0.25, 0.3) is 17.4 Å². The Morgan fingerprint density at radius 1 is 1.08 bits per heavy atom. The molecule has 0 saturated heterocycles. The lowest BCUT2D eigenvalue weighted by Gasteiger charge is -2.02. The minimum atomic E-state index is -0.693. The zero-order chi connectivity index (χ0) is 18.2. The molecule has 0 aliphatic heterocycles. The fourth-order valence-corrected chi connectivity index (χ4v) is 2.06. The number of hydrogen-bond donors (Lipinski definition) is 0. The van der Waals surface area contributed by atoms with Gasteiger partial charge in [-0.1, -0.05) is 12.1 Å². The van der Waals surface area contributed by atoms with Gasteiger partial charge in [0.1, 0.15) is 23.2 Å². The van der Waals surface area contributed by atoms with Crippen LogP contribution in [0, 0.1) is 11.3 Å². The third-order valence-corrected chi connectivity index (χ3v) is 3.21. The van der Waals surface area contributed by atoms with Crippen molar-refractivity contribution in [3.8, 4) is 17.4 Å². The van der Waals surface area contributed by atoms with Crippen LogP contribution in [0.4, 0.5) is 0 Å². The summed E-state index contributed by atoms with van der Waals surface area (Å²) in [6, 6.07) is 11.9. The number of hydrogen-bond acceptors (Lipinski definition) is 6. The molecule has 1 aromatic heterocycles. The second-order valence-electron chi connectivity index (χ2n) is 4.89. The third-order valence-electron chi connectivity index (χ3n) is 3.21. The topological polar surface area (TPSA) is 89.5 Å². The Morgan fingerprint density at radius 2 is 1.76 bits per heavy atom. The third kappa shape index (κ3) is 4.58. The summed E-state index contributed by atoms with van der Waals surface area (Å²) in [5.74, 6) is -0.177. The molecule has 0 N–H and O–H groups in total. The van der Waals surface area contributed by atoms with Crippen molar-refractivity contribution in [2.45, 2.75) is 13.8 Å². The number of ether oxygens (including phenoxy) is 2. The van der Waals surface area contributed by atoms with E-state index in [0.29, 0.717) is 23.7 Å². The van der Waals surface area contributed by atoms with Gasteiger partial charge >= 0.3 is 11.9 Å². The van der Waals surface area contributed by atoms with E-state index in [9.17, 15) is 9.59 Å². The highest BCUT2D eigenvalue weighted by atomic mass is 16.5. The lowest BCUT2D eigenvalue weighted by Crippen LogP contribution is -2.05. The summed E-state index contributed by atoms with van der Waals surface area (Å²) in [4.78, 5) is 23.3. The summed E-state index contributed by atoms with van der Waals surface area (Å²) in [6.45, 7) is 3.91. The van der Waals surface area contributed by atoms with Crippen molar-refractivity contribution in [1.29, 1.82) is 5.26 Å². The number of rotatable bonds is 6. The summed E-state index contributed by atoms with van der Waals surface area (Å²) >= 11 is 0. The maximum atomic E-state index is 11.6. The van der Waals surface area contributed by atoms with E-state index in [1.807, 2.05) is 0 Å². The van der Waals surface area contributed by atoms with Crippen molar-refractivity contribution in [2.75, 3.05) is 13.2 Å². The highest BCUT2D eigenvalue weighted by Gasteiger charge is 2.12. The Hall–Kier alpha value is -3.33. The van der Waals surface area contributed by atoms with Crippen LogP contribution in [0.5, 0.6) is 0 Å². The van der Waals surface area contributed by atoms with Crippen molar-refractivity contribution >= 4 is 18.0 Å². The molecule has 2 rings (SSSR count). The molecule has 1 heterocycles. The zero-order valence-corrected chi connectivity index (χ0v) is 13.9. The monoisotopic (exact) mass is 339 g/mol. The standard InChI is InChI=1S/C19H17NO5/c1-3-23-18(21)14-7-5-13(6-8-14)17-10-9-16(25-17)11-15(12-20)19(22)24-4-2/h5-11H,3-4H2,1-2H3. The molecule has 0 amide bonds. The van der Waals surface area contributed by atoms with E-state index in [0.717, 1.165) is 5.56 Å². The molecular weight excluding hydrogens is 322 g/mol. The van der Waals surface area contributed by atoms with E-state index < -0.39 is 5.97 Å². The first-order chi connectivity index (χ1) is 12.1. The average molecular weight is 339 g/mol. The first-order valence-corrected chi connectivity index (χ1v) is 7.75. The Kier molecular flexibility index (Phi) is 6.13. The van der Waals surface area contributed by atoms with E-state index in [2.05, 4.69) is 0 Å². The molecule has 0 aliphatic carbocycles. The fourth-order valence-electron chi connectivity index (χ4n) is 2.06. The van der Waals surface area contributed by atoms with Gasteiger partial charge in [-0.15, -0.1) is 0 Å². The second kappa shape index (κ2) is 8.50. The van der Waals surface area contributed by atoms with Crippen LogP contribution < -0.4 is 0 Å². The first-order valence-electron chi connectivity index (χ1n) is 7.75. The molecule has 0 fully saturated rings. The summed E-state index contributed by atoms with van der Waals surface area (Å²) < 4.78 is 15.4. The lowest BCUT2D eigenvalue weighted by atomic mass is 10.1. The molecule has 0 radical (unpaired) electrons. The molecule has 25 heavy (non-hydrogen) atoms. The van der Waals surface area contributed by atoms with Crippen molar-refractivity contribution in [2.24, 2.45) is 0 Å². The molecule has 0 aliphatic rings. The lowest BCUT2D eigenvalue weighted by molar-refractivity contribution is -0.137. The van der Waals surface area contributed by atoms with E-state index in [1.54, 1.807) is 56.3 Å². The van der Waals surface area contributed by atoms with Gasteiger partial charge in [-0.05, 0) is 38.1 Å². The highest BCUT2D eigenvalue weighted by molar-refractivity contribution is 5.97. The molecule has 6 heteroatoms. The summed E-state index contributed by atoms with van der Waals surface area (Å²) in [7, 11) is 0. The van der Waals surface area contributed by atoms with Gasteiger partial charge < -0.3 is 13.9 Å². The molecule has 0 saturated carbocycles. The Balaban J connectivity index is 2.19. The van der Waals surface area contributed by atoms with Gasteiger partial charge in [0.15, 0.2) is 0 Å². The van der Waals surface area contributed by atoms with Gasteiger partial charge in [0.2, 0.25) is 0 Å². The highest BCUT2D eigenvalue weighted by Crippen LogP contribution is 2.24. The summed E-state index contributed by atoms with van der Waals surface area (Å²) in [6.07, 6.45) is 1.33. The molecular formula is C19H17NO5. The summed E-state index contributed by atoms with van der Waals surface area (Å²) in [5, 5.41) is 9.03. The fraction of sp³-hybridized carbons (Fsp3) is 0.211. The number of esters is 2. The van der Waals surface area contributed by atoms with E-state index in [-0.39, 0.29) is 18.1 Å². The van der Waals surface area contributed by atoms with Gasteiger partial charge in [-0.3, -0.25) is 0 Å². The Bertz CT molecular complexity index is 824. The van der Waals surface area contributed by atoms with Crippen LogP contribution in [-0.4, -0.2) is 25.2 Å². The Labute approximate surface area is 145 Å². The average Bonchev–Trinajstić information content (AvgIpc) is 3.09. The number of furan rings is 1. The number of carbonyl (C=O) groups is 2. The van der Waals surface area contributed by atoms with Crippen molar-refractivity contribution in [3.05, 3.63) is 53.3 Å². The van der Waals surface area contributed by atoms with Crippen LogP contribution in [-0.2, 0) is 14.3 Å². The quantitative estimate of drug-likeness (QED) is 0.454. The van der Waals surface area contributed by atoms with Gasteiger partial charge in [0.05, 0.1) is 18.8 Å². The van der Waals surface area contributed by atoms with Gasteiger partial charge in [0.25, 0.3) is 0 Å². The first kappa shape index (κ1) is 18.0. The van der Waals surface area contributed by atoms with Crippen LogP contribution in [0.1, 0.15) is 30.0 Å². The predicted octanol–water partition coefficient (Wildman–Crippen LogP) is 3.59. The minimum absolute atomic E-state index is 0.139. The van der Waals surface area contributed by atoms with Crippen molar-refractivity contribution in [3.63, 3.8) is 0 Å². The number of benzene rings is 1. The molecule has 128 valence electrons. The molecule has 0 spiro atoms. The zero-order valence-electron chi connectivity index (χ0n) is 13.9. The van der Waals surface area contributed by atoms with Gasteiger partial charge in [0, 0.05) is 11.6 Å². The predicted molar refractivity (Wildman–Crippen MR) is 90.3 cm³/mol. The number of nitrogens with zero attached hydrogens (tertiary/aromatic N) is 1. The molecule has 0 atom stereocenters. The smallest absolute Gasteiger partial charge is 0.349 e. The van der Waals surface area contributed by atoms with E-state index >= 15 is 0 Å². The van der Waals surface area contributed by atoms with Crippen LogP contribution in [0.15, 0.2) is 46.4 Å². The minimum Gasteiger partial charge on any atom is -0.462 e. The molecule has 2 aromatic rings. The van der Waals surface area contributed by atoms with E-state index in [4.69, 9.17) is 19.2 Å². The molecule has 0 bridgehead atoms. The number of nitriles is 1. The summed E-state index contributed by atoms with van der Waals surface area (Å²) in [5.41, 5.74) is 1.06. The van der Waals surface area contributed by atoms with Crippen LogP contribution in [0.3, 0.4) is 0 Å². The van der Waals surface area contributed by atoms with Crippen LogP contribution in [0.2, 0.25) is 0 Å². The van der Waals surface area contributed by atoms with Crippen molar-refractivity contribution in [1.82, 2.24) is 0 Å². The maximum Gasteiger partial charge on any atom is 0.349 e. The van der Waals surface area contributed by atoms with Crippen LogP contribution >= 0.6 is 0 Å². The van der Waals surface area contributed by atoms with E-state index in [1.165, 1.54) is 6.08 Å². The largest absolute Gasteiger partial charge is 0.462 e. The molecule has 1 aromatic carbocycles. The maximum absolute atomic E-state index is 11.6. The van der Waals surface area contributed by atoms with Crippen molar-refractivity contribution < 1.29 is 23.5 Å². The normalized spacial score (nSPS) is 10.8. The Morgan fingerprint density at radius 3 is 2.36 bits per heavy atom. The molecule has 6 nitrogen and oxygen atoms in total. The molecule has 0 unspecified atom stereocenters. The van der Waals surface area contributed by atoms with Gasteiger partial charge in [-0.2, -0.15) is 5.26 Å².